The van der Waals surface area contributed by atoms with Gasteiger partial charge in [-0.2, -0.15) is 0 Å². The molecule has 1 unspecified atom stereocenters. The van der Waals surface area contributed by atoms with E-state index in [4.69, 9.17) is 0 Å². The van der Waals surface area contributed by atoms with E-state index in [0.29, 0.717) is 16.7 Å². The van der Waals surface area contributed by atoms with Gasteiger partial charge in [-0.1, -0.05) is 31.0 Å². The maximum atomic E-state index is 12.5. The fourth-order valence-corrected chi connectivity index (χ4v) is 5.47. The molecular formula is C14H18O2S. The van der Waals surface area contributed by atoms with Crippen LogP contribution in [0, 0.1) is 11.8 Å². The lowest BCUT2D eigenvalue weighted by Gasteiger charge is -2.27. The van der Waals surface area contributed by atoms with Gasteiger partial charge < -0.3 is 0 Å². The highest BCUT2D eigenvalue weighted by atomic mass is 32.2. The van der Waals surface area contributed by atoms with Crippen molar-refractivity contribution in [3.63, 3.8) is 0 Å². The summed E-state index contributed by atoms with van der Waals surface area (Å²) < 4.78 is 25.0. The van der Waals surface area contributed by atoms with Crippen molar-refractivity contribution in [2.75, 3.05) is 0 Å². The molecule has 2 nitrogen and oxygen atoms in total. The molecule has 0 heterocycles. The van der Waals surface area contributed by atoms with Crippen LogP contribution in [0.1, 0.15) is 32.1 Å². The summed E-state index contributed by atoms with van der Waals surface area (Å²) in [4.78, 5) is 0.506. The molecule has 2 fully saturated rings. The van der Waals surface area contributed by atoms with E-state index in [0.717, 1.165) is 12.8 Å². The van der Waals surface area contributed by atoms with Crippen LogP contribution in [-0.4, -0.2) is 13.7 Å². The van der Waals surface area contributed by atoms with E-state index in [1.807, 2.05) is 18.2 Å². The van der Waals surface area contributed by atoms with Crippen LogP contribution in [0.15, 0.2) is 35.2 Å². The van der Waals surface area contributed by atoms with Crippen LogP contribution in [0.25, 0.3) is 0 Å². The fourth-order valence-electron chi connectivity index (χ4n) is 3.50. The lowest BCUT2D eigenvalue weighted by atomic mass is 9.89. The molecule has 2 aliphatic carbocycles. The number of hydrogen-bond acceptors (Lipinski definition) is 2. The average Bonchev–Trinajstić information content (AvgIpc) is 2.69. The molecule has 0 spiro atoms. The van der Waals surface area contributed by atoms with Crippen molar-refractivity contribution in [2.24, 2.45) is 11.8 Å². The number of rotatable bonds is 2. The Morgan fingerprint density at radius 3 is 2.06 bits per heavy atom. The Morgan fingerprint density at radius 2 is 1.47 bits per heavy atom. The van der Waals surface area contributed by atoms with Gasteiger partial charge in [0.05, 0.1) is 10.1 Å². The van der Waals surface area contributed by atoms with E-state index >= 15 is 0 Å². The van der Waals surface area contributed by atoms with Crippen molar-refractivity contribution in [3.8, 4) is 0 Å². The normalized spacial score (nSPS) is 32.6. The minimum atomic E-state index is -3.09. The first kappa shape index (κ1) is 11.3. The van der Waals surface area contributed by atoms with Gasteiger partial charge in [-0.25, -0.2) is 8.42 Å². The van der Waals surface area contributed by atoms with E-state index in [2.05, 4.69) is 0 Å². The van der Waals surface area contributed by atoms with Crippen LogP contribution in [0.2, 0.25) is 0 Å². The van der Waals surface area contributed by atoms with Crippen molar-refractivity contribution in [2.45, 2.75) is 42.2 Å². The molecule has 3 heteroatoms. The molecule has 3 atom stereocenters. The van der Waals surface area contributed by atoms with Crippen LogP contribution < -0.4 is 0 Å². The summed E-state index contributed by atoms with van der Waals surface area (Å²) in [6.07, 6.45) is 5.51. The second-order valence-electron chi connectivity index (χ2n) is 5.50. The predicted molar refractivity (Wildman–Crippen MR) is 67.5 cm³/mol. The standard InChI is InChI=1S/C14H18O2S/c15-17(16,13-4-2-1-3-5-13)14-9-11-6-7-12(8-11)10-14/h1-5,11-12,14H,6-10H2/t11-,12+,14?. The Kier molecular flexibility index (Phi) is 2.74. The van der Waals surface area contributed by atoms with Gasteiger partial charge in [0.25, 0.3) is 0 Å². The molecule has 1 aromatic rings. The molecule has 2 saturated carbocycles. The summed E-state index contributed by atoms with van der Waals surface area (Å²) in [5.74, 6) is 1.33. The molecule has 0 amide bonds. The first-order valence-corrected chi connectivity index (χ1v) is 8.00. The van der Waals surface area contributed by atoms with Crippen molar-refractivity contribution in [1.82, 2.24) is 0 Å². The molecule has 0 saturated heterocycles. The molecule has 0 aromatic heterocycles. The summed E-state index contributed by atoms with van der Waals surface area (Å²) in [6, 6.07) is 8.94. The molecule has 2 bridgehead atoms. The van der Waals surface area contributed by atoms with Gasteiger partial charge in [-0.3, -0.25) is 0 Å². The third-order valence-electron chi connectivity index (χ3n) is 4.35. The quantitative estimate of drug-likeness (QED) is 0.808. The van der Waals surface area contributed by atoms with Crippen LogP contribution in [-0.2, 0) is 9.84 Å². The number of hydrogen-bond donors (Lipinski definition) is 0. The molecule has 0 aliphatic heterocycles. The van der Waals surface area contributed by atoms with Crippen LogP contribution in [0.4, 0.5) is 0 Å². The van der Waals surface area contributed by atoms with Gasteiger partial charge in [0.1, 0.15) is 0 Å². The van der Waals surface area contributed by atoms with Crippen molar-refractivity contribution in [3.05, 3.63) is 30.3 Å². The van der Waals surface area contributed by atoms with E-state index in [1.54, 1.807) is 12.1 Å². The Labute approximate surface area is 103 Å². The summed E-state index contributed by atoms with van der Waals surface area (Å²) in [5.41, 5.74) is 0. The van der Waals surface area contributed by atoms with Crippen LogP contribution in [0.3, 0.4) is 0 Å². The van der Waals surface area contributed by atoms with E-state index < -0.39 is 9.84 Å². The van der Waals surface area contributed by atoms with Gasteiger partial charge >= 0.3 is 0 Å². The van der Waals surface area contributed by atoms with Crippen molar-refractivity contribution < 1.29 is 8.42 Å². The number of sulfone groups is 1. The number of fused-ring (bicyclic) bond motifs is 2. The zero-order valence-electron chi connectivity index (χ0n) is 9.88. The second-order valence-corrected chi connectivity index (χ2v) is 7.72. The SMILES string of the molecule is O=S(=O)(c1ccccc1)C1C[C@H]2CC[C@@H](C1)C2. The highest BCUT2D eigenvalue weighted by Gasteiger charge is 2.40. The van der Waals surface area contributed by atoms with Gasteiger partial charge in [0.2, 0.25) is 0 Å². The lowest BCUT2D eigenvalue weighted by molar-refractivity contribution is 0.357. The van der Waals surface area contributed by atoms with E-state index in [1.165, 1.54) is 19.3 Å². The topological polar surface area (TPSA) is 34.1 Å². The Bertz CT molecular complexity index is 480. The minimum Gasteiger partial charge on any atom is -0.223 e. The first-order valence-electron chi connectivity index (χ1n) is 6.45. The summed E-state index contributed by atoms with van der Waals surface area (Å²) in [6.45, 7) is 0. The third kappa shape index (κ3) is 2.01. The van der Waals surface area contributed by atoms with E-state index in [-0.39, 0.29) is 5.25 Å². The average molecular weight is 250 g/mol. The fraction of sp³-hybridized carbons (Fsp3) is 0.571. The highest BCUT2D eigenvalue weighted by molar-refractivity contribution is 7.92. The molecule has 17 heavy (non-hydrogen) atoms. The maximum absolute atomic E-state index is 12.5. The molecule has 1 aromatic carbocycles. The maximum Gasteiger partial charge on any atom is 0.181 e. The summed E-state index contributed by atoms with van der Waals surface area (Å²) in [7, 11) is -3.09. The molecule has 2 aliphatic rings. The van der Waals surface area contributed by atoms with E-state index in [9.17, 15) is 8.42 Å². The lowest BCUT2D eigenvalue weighted by Crippen LogP contribution is -2.29. The predicted octanol–water partition coefficient (Wildman–Crippen LogP) is 3.04. The highest BCUT2D eigenvalue weighted by Crippen LogP contribution is 2.45. The molecular weight excluding hydrogens is 232 g/mol. The zero-order valence-corrected chi connectivity index (χ0v) is 10.7. The smallest absolute Gasteiger partial charge is 0.181 e. The monoisotopic (exact) mass is 250 g/mol. The van der Waals surface area contributed by atoms with Crippen molar-refractivity contribution >= 4 is 9.84 Å². The molecule has 0 radical (unpaired) electrons. The van der Waals surface area contributed by atoms with Crippen molar-refractivity contribution in [1.29, 1.82) is 0 Å². The Balaban J connectivity index is 1.89. The van der Waals surface area contributed by atoms with Crippen LogP contribution >= 0.6 is 0 Å². The largest absolute Gasteiger partial charge is 0.223 e. The van der Waals surface area contributed by atoms with Gasteiger partial charge in [0.15, 0.2) is 9.84 Å². The van der Waals surface area contributed by atoms with Gasteiger partial charge in [-0.15, -0.1) is 0 Å². The Hall–Kier alpha value is -0.830. The Morgan fingerprint density at radius 1 is 0.882 bits per heavy atom. The minimum absolute atomic E-state index is 0.129. The third-order valence-corrected chi connectivity index (χ3v) is 6.54. The molecule has 3 rings (SSSR count). The van der Waals surface area contributed by atoms with Crippen LogP contribution in [0.5, 0.6) is 0 Å². The first-order chi connectivity index (χ1) is 8.16. The summed E-state index contributed by atoms with van der Waals surface area (Å²) in [5, 5.41) is -0.129. The second kappa shape index (κ2) is 4.13. The van der Waals surface area contributed by atoms with Gasteiger partial charge in [-0.05, 0) is 43.2 Å². The molecule has 92 valence electrons. The van der Waals surface area contributed by atoms with Gasteiger partial charge in [0, 0.05) is 0 Å². The molecule has 0 N–H and O–H groups in total. The number of benzene rings is 1. The zero-order chi connectivity index (χ0) is 11.9. The summed E-state index contributed by atoms with van der Waals surface area (Å²) >= 11 is 0.